The molecule has 9 heteroatoms. The fourth-order valence-corrected chi connectivity index (χ4v) is 5.50. The van der Waals surface area contributed by atoms with Gasteiger partial charge in [0.1, 0.15) is 0 Å². The number of furan rings is 1. The Kier molecular flexibility index (Phi) is 4.69. The van der Waals surface area contributed by atoms with Crippen LogP contribution in [0.15, 0.2) is 32.8 Å². The number of carbonyl (C=O) groups excluding carboxylic acids is 2. The topological polar surface area (TPSA) is 88.7 Å². The molecule has 152 valence electrons. The molecule has 2 aliphatic heterocycles. The number of carbonyl (C=O) groups is 2. The van der Waals surface area contributed by atoms with Gasteiger partial charge in [-0.2, -0.15) is 0 Å². The fourth-order valence-electron chi connectivity index (χ4n) is 4.35. The molecule has 1 saturated heterocycles. The fraction of sp³-hybridized carbons (Fsp3) is 0.500. The number of hydrogen-bond acceptors (Lipinski definition) is 6. The molecule has 0 bridgehead atoms. The number of fused-ring (bicyclic) bond motifs is 2. The third kappa shape index (κ3) is 3.27. The summed E-state index contributed by atoms with van der Waals surface area (Å²) < 4.78 is 6.91. The second-order valence-corrected chi connectivity index (χ2v) is 8.65. The largest absolute Gasteiger partial charge is 0.459 e. The maximum Gasteiger partial charge on any atom is 0.289 e. The van der Waals surface area contributed by atoms with E-state index in [1.54, 1.807) is 38.3 Å². The number of rotatable bonds is 3. The molecule has 1 aliphatic carbocycles. The van der Waals surface area contributed by atoms with Crippen molar-refractivity contribution in [3.8, 4) is 0 Å². The summed E-state index contributed by atoms with van der Waals surface area (Å²) in [6.45, 7) is 1.96. The van der Waals surface area contributed by atoms with Gasteiger partial charge in [0.15, 0.2) is 10.9 Å². The van der Waals surface area contributed by atoms with E-state index in [9.17, 15) is 14.4 Å². The lowest BCUT2D eigenvalue weighted by Gasteiger charge is -2.34. The monoisotopic (exact) mass is 414 g/mol. The van der Waals surface area contributed by atoms with Crippen molar-refractivity contribution in [2.45, 2.75) is 36.9 Å². The molecule has 0 unspecified atom stereocenters. The van der Waals surface area contributed by atoms with Crippen molar-refractivity contribution >= 4 is 23.6 Å². The molecule has 0 spiro atoms. The standard InChI is InChI=1S/C20H22N4O4S/c25-17(22-6-8-23(9-7-22)19(27)16-5-2-10-28-16)11-13-12-29-20-21-15-4-1-3-14(15)18(26)24(13)20/h2,5,10,13H,1,3-4,6-9,11-12H2/t13-/m1/s1. The van der Waals surface area contributed by atoms with E-state index in [4.69, 9.17) is 4.42 Å². The van der Waals surface area contributed by atoms with Gasteiger partial charge in [-0.05, 0) is 31.4 Å². The highest BCUT2D eigenvalue weighted by Crippen LogP contribution is 2.34. The summed E-state index contributed by atoms with van der Waals surface area (Å²) in [6, 6.07) is 3.20. The van der Waals surface area contributed by atoms with Crippen LogP contribution in [-0.4, -0.2) is 63.1 Å². The number of piperazine rings is 1. The Morgan fingerprint density at radius 2 is 1.97 bits per heavy atom. The molecule has 0 radical (unpaired) electrons. The van der Waals surface area contributed by atoms with E-state index in [2.05, 4.69) is 4.98 Å². The predicted octanol–water partition coefficient (Wildman–Crippen LogP) is 1.35. The molecule has 29 heavy (non-hydrogen) atoms. The summed E-state index contributed by atoms with van der Waals surface area (Å²) in [6.07, 6.45) is 4.43. The highest BCUT2D eigenvalue weighted by atomic mass is 32.2. The number of nitrogens with zero attached hydrogens (tertiary/aromatic N) is 4. The van der Waals surface area contributed by atoms with E-state index in [0.717, 1.165) is 35.7 Å². The maximum absolute atomic E-state index is 12.9. The van der Waals surface area contributed by atoms with Crippen molar-refractivity contribution in [3.05, 3.63) is 45.8 Å². The Bertz CT molecular complexity index is 1010. The van der Waals surface area contributed by atoms with Crippen LogP contribution in [0.25, 0.3) is 0 Å². The minimum atomic E-state index is -0.144. The Hall–Kier alpha value is -2.55. The molecule has 0 aromatic carbocycles. The number of hydrogen-bond donors (Lipinski definition) is 0. The lowest BCUT2D eigenvalue weighted by molar-refractivity contribution is -0.133. The Morgan fingerprint density at radius 3 is 2.72 bits per heavy atom. The van der Waals surface area contributed by atoms with Crippen LogP contribution in [0.4, 0.5) is 0 Å². The number of amides is 2. The summed E-state index contributed by atoms with van der Waals surface area (Å²) in [4.78, 5) is 46.3. The summed E-state index contributed by atoms with van der Waals surface area (Å²) in [5, 5.41) is 0.752. The summed E-state index contributed by atoms with van der Waals surface area (Å²) in [5.41, 5.74) is 1.82. The minimum absolute atomic E-state index is 0.0287. The maximum atomic E-state index is 12.9. The first kappa shape index (κ1) is 18.5. The number of aromatic nitrogens is 2. The number of aryl methyl sites for hydroxylation is 1. The van der Waals surface area contributed by atoms with Crippen molar-refractivity contribution in [1.82, 2.24) is 19.4 Å². The van der Waals surface area contributed by atoms with Crippen LogP contribution in [0.5, 0.6) is 0 Å². The second-order valence-electron chi connectivity index (χ2n) is 7.67. The average Bonchev–Trinajstić information content (AvgIpc) is 3.49. The SMILES string of the molecule is O=C(C[C@@H]1CSc2nc3c(c(=O)n21)CCC3)N1CCN(C(=O)c2ccco2)CC1. The van der Waals surface area contributed by atoms with Gasteiger partial charge in [-0.3, -0.25) is 19.0 Å². The molecule has 8 nitrogen and oxygen atoms in total. The highest BCUT2D eigenvalue weighted by molar-refractivity contribution is 7.99. The van der Waals surface area contributed by atoms with Gasteiger partial charge in [0, 0.05) is 43.9 Å². The van der Waals surface area contributed by atoms with Crippen LogP contribution in [0.3, 0.4) is 0 Å². The lowest BCUT2D eigenvalue weighted by Crippen LogP contribution is -2.51. The first-order chi connectivity index (χ1) is 14.1. The van der Waals surface area contributed by atoms with E-state index < -0.39 is 0 Å². The summed E-state index contributed by atoms with van der Waals surface area (Å²) in [5.74, 6) is 0.910. The highest BCUT2D eigenvalue weighted by Gasteiger charge is 2.33. The molecule has 1 atom stereocenters. The third-order valence-corrected chi connectivity index (χ3v) is 7.03. The van der Waals surface area contributed by atoms with Gasteiger partial charge in [-0.15, -0.1) is 0 Å². The second kappa shape index (κ2) is 7.37. The normalized spacial score (nSPS) is 20.6. The van der Waals surface area contributed by atoms with Crippen LogP contribution < -0.4 is 5.56 Å². The molecular weight excluding hydrogens is 392 g/mol. The summed E-state index contributed by atoms with van der Waals surface area (Å²) >= 11 is 1.57. The smallest absolute Gasteiger partial charge is 0.289 e. The Morgan fingerprint density at radius 1 is 1.17 bits per heavy atom. The third-order valence-electron chi connectivity index (χ3n) is 5.93. The van der Waals surface area contributed by atoms with E-state index in [-0.39, 0.29) is 23.4 Å². The quantitative estimate of drug-likeness (QED) is 0.705. The predicted molar refractivity (Wildman–Crippen MR) is 106 cm³/mol. The van der Waals surface area contributed by atoms with E-state index >= 15 is 0 Å². The van der Waals surface area contributed by atoms with Crippen molar-refractivity contribution in [2.24, 2.45) is 0 Å². The van der Waals surface area contributed by atoms with Gasteiger partial charge >= 0.3 is 0 Å². The average molecular weight is 414 g/mol. The Labute approximate surface area is 171 Å². The van der Waals surface area contributed by atoms with Gasteiger partial charge in [0.2, 0.25) is 5.91 Å². The first-order valence-corrected chi connectivity index (χ1v) is 11.0. The molecule has 2 aromatic rings. The van der Waals surface area contributed by atoms with Crippen molar-refractivity contribution in [2.75, 3.05) is 31.9 Å². The molecule has 2 aromatic heterocycles. The molecule has 0 saturated carbocycles. The summed E-state index contributed by atoms with van der Waals surface area (Å²) in [7, 11) is 0. The van der Waals surface area contributed by atoms with Gasteiger partial charge in [0.25, 0.3) is 11.5 Å². The molecule has 2 amide bonds. The van der Waals surface area contributed by atoms with Gasteiger partial charge in [0.05, 0.1) is 18.0 Å². The van der Waals surface area contributed by atoms with E-state index in [1.807, 2.05) is 0 Å². The van der Waals surface area contributed by atoms with Crippen LogP contribution >= 0.6 is 11.8 Å². The van der Waals surface area contributed by atoms with Crippen LogP contribution in [0, 0.1) is 0 Å². The van der Waals surface area contributed by atoms with Crippen molar-refractivity contribution < 1.29 is 14.0 Å². The molecule has 1 fully saturated rings. The molecule has 0 N–H and O–H groups in total. The molecule has 3 aliphatic rings. The van der Waals surface area contributed by atoms with Crippen molar-refractivity contribution in [1.29, 1.82) is 0 Å². The van der Waals surface area contributed by atoms with Crippen LogP contribution in [-0.2, 0) is 17.6 Å². The Balaban J connectivity index is 1.23. The molecular formula is C20H22N4O4S. The first-order valence-electron chi connectivity index (χ1n) is 9.99. The van der Waals surface area contributed by atoms with Crippen LogP contribution in [0.1, 0.15) is 40.7 Å². The van der Waals surface area contributed by atoms with E-state index in [1.165, 1.54) is 6.26 Å². The lowest BCUT2D eigenvalue weighted by atomic mass is 10.1. The zero-order valence-electron chi connectivity index (χ0n) is 16.0. The van der Waals surface area contributed by atoms with Gasteiger partial charge in [-0.25, -0.2) is 4.98 Å². The van der Waals surface area contributed by atoms with Crippen molar-refractivity contribution in [3.63, 3.8) is 0 Å². The van der Waals surface area contributed by atoms with Gasteiger partial charge < -0.3 is 14.2 Å². The van der Waals surface area contributed by atoms with E-state index in [0.29, 0.717) is 44.1 Å². The molecule has 5 rings (SSSR count). The zero-order chi connectivity index (χ0) is 20.0. The minimum Gasteiger partial charge on any atom is -0.459 e. The van der Waals surface area contributed by atoms with Crippen LogP contribution in [0.2, 0.25) is 0 Å². The number of thioether (sulfide) groups is 1. The molecule has 4 heterocycles. The van der Waals surface area contributed by atoms with Gasteiger partial charge in [-0.1, -0.05) is 11.8 Å². The zero-order valence-corrected chi connectivity index (χ0v) is 16.8.